The molecule has 0 aliphatic heterocycles. The molecule has 0 bridgehead atoms. The fourth-order valence-electron chi connectivity index (χ4n) is 2.28. The Morgan fingerprint density at radius 2 is 1.67 bits per heavy atom. The first-order valence-electron chi connectivity index (χ1n) is 7.83. The maximum absolute atomic E-state index is 12.4. The quantitative estimate of drug-likeness (QED) is 0.857. The Balaban J connectivity index is 1.95. The van der Waals surface area contributed by atoms with Crippen LogP contribution >= 0.6 is 0 Å². The average molecular weight is 325 g/mol. The zero-order valence-corrected chi connectivity index (χ0v) is 14.2. The van der Waals surface area contributed by atoms with Crippen molar-refractivity contribution in [2.45, 2.75) is 26.4 Å². The van der Waals surface area contributed by atoms with E-state index >= 15 is 0 Å². The van der Waals surface area contributed by atoms with E-state index in [1.54, 1.807) is 24.3 Å². The summed E-state index contributed by atoms with van der Waals surface area (Å²) in [4.78, 5) is 25.4. The number of likely N-dealkylation sites (N-methyl/N-ethyl adjacent to an activating group) is 1. The van der Waals surface area contributed by atoms with Crippen molar-refractivity contribution in [3.05, 3.63) is 65.2 Å². The number of nitrogens with zero attached hydrogens (tertiary/aromatic N) is 1. The van der Waals surface area contributed by atoms with Crippen molar-refractivity contribution in [2.24, 2.45) is 5.73 Å². The number of carbonyl (C=O) groups excluding carboxylic acids is 2. The zero-order chi connectivity index (χ0) is 17.7. The van der Waals surface area contributed by atoms with Crippen LogP contribution in [0.25, 0.3) is 0 Å². The van der Waals surface area contributed by atoms with Gasteiger partial charge in [-0.15, -0.1) is 0 Å². The van der Waals surface area contributed by atoms with Gasteiger partial charge in [0.1, 0.15) is 0 Å². The molecule has 5 heteroatoms. The SMILES string of the molecule is Cc1ccc(CN(C)[C@@H](C)C(=O)Nc2ccc(C(N)=O)cc2)cc1. The van der Waals surface area contributed by atoms with E-state index in [0.29, 0.717) is 17.8 Å². The zero-order valence-electron chi connectivity index (χ0n) is 14.2. The first kappa shape index (κ1) is 17.7. The molecule has 0 radical (unpaired) electrons. The van der Waals surface area contributed by atoms with Gasteiger partial charge in [-0.2, -0.15) is 0 Å². The van der Waals surface area contributed by atoms with Crippen LogP contribution < -0.4 is 11.1 Å². The highest BCUT2D eigenvalue weighted by Gasteiger charge is 2.18. The third-order valence-corrected chi connectivity index (χ3v) is 4.03. The van der Waals surface area contributed by atoms with Gasteiger partial charge in [-0.25, -0.2) is 0 Å². The monoisotopic (exact) mass is 325 g/mol. The van der Waals surface area contributed by atoms with E-state index in [-0.39, 0.29) is 11.9 Å². The van der Waals surface area contributed by atoms with Gasteiger partial charge in [0, 0.05) is 17.8 Å². The minimum absolute atomic E-state index is 0.101. The van der Waals surface area contributed by atoms with Crippen LogP contribution in [0, 0.1) is 6.92 Å². The highest BCUT2D eigenvalue weighted by molar-refractivity contribution is 5.96. The number of hydrogen-bond donors (Lipinski definition) is 2. The Morgan fingerprint density at radius 3 is 2.21 bits per heavy atom. The Bertz CT molecular complexity index is 708. The van der Waals surface area contributed by atoms with E-state index in [0.717, 1.165) is 5.56 Å². The van der Waals surface area contributed by atoms with Gasteiger partial charge in [-0.3, -0.25) is 14.5 Å². The molecule has 24 heavy (non-hydrogen) atoms. The molecule has 3 N–H and O–H groups in total. The number of rotatable bonds is 6. The second kappa shape index (κ2) is 7.75. The second-order valence-corrected chi connectivity index (χ2v) is 6.01. The molecule has 0 unspecified atom stereocenters. The molecule has 0 spiro atoms. The fourth-order valence-corrected chi connectivity index (χ4v) is 2.28. The van der Waals surface area contributed by atoms with Gasteiger partial charge in [-0.1, -0.05) is 29.8 Å². The van der Waals surface area contributed by atoms with Crippen LogP contribution in [0.1, 0.15) is 28.4 Å². The first-order valence-corrected chi connectivity index (χ1v) is 7.83. The summed E-state index contributed by atoms with van der Waals surface area (Å²) in [6, 6.07) is 14.5. The number of anilines is 1. The number of primary amides is 1. The van der Waals surface area contributed by atoms with Crippen LogP contribution in [0.3, 0.4) is 0 Å². The summed E-state index contributed by atoms with van der Waals surface area (Å²) in [5, 5.41) is 2.85. The number of amides is 2. The minimum atomic E-state index is -0.487. The maximum atomic E-state index is 12.4. The Morgan fingerprint density at radius 1 is 1.08 bits per heavy atom. The minimum Gasteiger partial charge on any atom is -0.366 e. The number of benzene rings is 2. The van der Waals surface area contributed by atoms with E-state index in [2.05, 4.69) is 29.6 Å². The van der Waals surface area contributed by atoms with Crippen molar-refractivity contribution in [1.82, 2.24) is 4.90 Å². The van der Waals surface area contributed by atoms with Crippen LogP contribution in [-0.2, 0) is 11.3 Å². The lowest BCUT2D eigenvalue weighted by molar-refractivity contribution is -0.120. The van der Waals surface area contributed by atoms with E-state index in [9.17, 15) is 9.59 Å². The molecule has 0 saturated carbocycles. The lowest BCUT2D eigenvalue weighted by Crippen LogP contribution is -2.39. The normalized spacial score (nSPS) is 12.0. The topological polar surface area (TPSA) is 75.4 Å². The van der Waals surface area contributed by atoms with Crippen LogP contribution in [0.4, 0.5) is 5.69 Å². The van der Waals surface area contributed by atoms with Crippen LogP contribution in [0.15, 0.2) is 48.5 Å². The Labute approximate surface area is 142 Å². The first-order chi connectivity index (χ1) is 11.4. The predicted octanol–water partition coefficient (Wildman–Crippen LogP) is 2.55. The summed E-state index contributed by atoms with van der Waals surface area (Å²) in [6.45, 7) is 4.60. The van der Waals surface area contributed by atoms with Crippen LogP contribution in [0.5, 0.6) is 0 Å². The molecule has 0 fully saturated rings. The summed E-state index contributed by atoms with van der Waals surface area (Å²) in [5.41, 5.74) is 8.63. The molecule has 2 aromatic carbocycles. The van der Waals surface area contributed by atoms with Crippen LogP contribution in [-0.4, -0.2) is 29.8 Å². The molecule has 1 atom stereocenters. The van der Waals surface area contributed by atoms with Crippen molar-refractivity contribution < 1.29 is 9.59 Å². The largest absolute Gasteiger partial charge is 0.366 e. The van der Waals surface area contributed by atoms with E-state index < -0.39 is 5.91 Å². The summed E-state index contributed by atoms with van der Waals surface area (Å²) in [6.07, 6.45) is 0. The van der Waals surface area contributed by atoms with Gasteiger partial charge in [0.15, 0.2) is 0 Å². The van der Waals surface area contributed by atoms with E-state index in [4.69, 9.17) is 5.73 Å². The number of nitrogens with two attached hydrogens (primary N) is 1. The third kappa shape index (κ3) is 4.67. The summed E-state index contributed by atoms with van der Waals surface area (Å²) in [5.74, 6) is -0.587. The molecule has 5 nitrogen and oxygen atoms in total. The molecule has 0 saturated heterocycles. The molecule has 126 valence electrons. The van der Waals surface area contributed by atoms with E-state index in [1.165, 1.54) is 5.56 Å². The van der Waals surface area contributed by atoms with Gasteiger partial charge in [0.05, 0.1) is 6.04 Å². The maximum Gasteiger partial charge on any atom is 0.248 e. The fraction of sp³-hybridized carbons (Fsp3) is 0.263. The standard InChI is InChI=1S/C19H23N3O2/c1-13-4-6-15(7-5-13)12-22(3)14(2)19(24)21-17-10-8-16(9-11-17)18(20)23/h4-11,14H,12H2,1-3H3,(H2,20,23)(H,21,24)/t14-/m0/s1. The number of hydrogen-bond acceptors (Lipinski definition) is 3. The molecule has 2 rings (SSSR count). The molecule has 0 aromatic heterocycles. The summed E-state index contributed by atoms with van der Waals surface area (Å²) in [7, 11) is 1.92. The Kier molecular flexibility index (Phi) is 5.71. The number of carbonyl (C=O) groups is 2. The predicted molar refractivity (Wildman–Crippen MR) is 95.7 cm³/mol. The Hall–Kier alpha value is -2.66. The van der Waals surface area contributed by atoms with Gasteiger partial charge in [0.2, 0.25) is 11.8 Å². The molecule has 0 aliphatic rings. The van der Waals surface area contributed by atoms with Crippen molar-refractivity contribution >= 4 is 17.5 Å². The molecule has 0 heterocycles. The van der Waals surface area contributed by atoms with Crippen molar-refractivity contribution in [2.75, 3.05) is 12.4 Å². The molecular weight excluding hydrogens is 302 g/mol. The second-order valence-electron chi connectivity index (χ2n) is 6.01. The summed E-state index contributed by atoms with van der Waals surface area (Å²) >= 11 is 0. The summed E-state index contributed by atoms with van der Waals surface area (Å²) < 4.78 is 0. The molecule has 2 aromatic rings. The highest BCUT2D eigenvalue weighted by atomic mass is 16.2. The van der Waals surface area contributed by atoms with Gasteiger partial charge < -0.3 is 11.1 Å². The van der Waals surface area contributed by atoms with Gasteiger partial charge >= 0.3 is 0 Å². The number of nitrogens with one attached hydrogen (secondary N) is 1. The molecule has 0 aliphatic carbocycles. The van der Waals surface area contributed by atoms with Crippen molar-refractivity contribution in [3.8, 4) is 0 Å². The third-order valence-electron chi connectivity index (χ3n) is 4.03. The lowest BCUT2D eigenvalue weighted by Gasteiger charge is -2.24. The van der Waals surface area contributed by atoms with Crippen molar-refractivity contribution in [1.29, 1.82) is 0 Å². The molecule has 2 amide bonds. The lowest BCUT2D eigenvalue weighted by atomic mass is 10.1. The molecular formula is C19H23N3O2. The average Bonchev–Trinajstić information content (AvgIpc) is 2.56. The highest BCUT2D eigenvalue weighted by Crippen LogP contribution is 2.12. The van der Waals surface area contributed by atoms with E-state index in [1.807, 2.05) is 25.8 Å². The number of aryl methyl sites for hydroxylation is 1. The van der Waals surface area contributed by atoms with Crippen LogP contribution in [0.2, 0.25) is 0 Å². The van der Waals surface area contributed by atoms with Gasteiger partial charge in [0.25, 0.3) is 0 Å². The van der Waals surface area contributed by atoms with Crippen molar-refractivity contribution in [3.63, 3.8) is 0 Å². The van der Waals surface area contributed by atoms with Gasteiger partial charge in [-0.05, 0) is 50.7 Å². The smallest absolute Gasteiger partial charge is 0.248 e.